The molecule has 30 heavy (non-hydrogen) atoms. The van der Waals surface area contributed by atoms with Gasteiger partial charge in [-0.25, -0.2) is 0 Å². The van der Waals surface area contributed by atoms with Crippen LogP contribution in [0.15, 0.2) is 33.9 Å². The lowest BCUT2D eigenvalue weighted by Crippen LogP contribution is -2.32. The van der Waals surface area contributed by atoms with Gasteiger partial charge >= 0.3 is 0 Å². The third-order valence-corrected chi connectivity index (χ3v) is 5.56. The first-order valence-corrected chi connectivity index (χ1v) is 11.0. The molecule has 2 aromatic rings. The molecule has 0 saturated carbocycles. The highest BCUT2D eigenvalue weighted by Crippen LogP contribution is 2.22. The molecule has 0 spiro atoms. The highest BCUT2D eigenvalue weighted by Gasteiger charge is 2.17. The summed E-state index contributed by atoms with van der Waals surface area (Å²) in [6, 6.07) is 7.53. The van der Waals surface area contributed by atoms with Crippen molar-refractivity contribution in [2.24, 2.45) is 0 Å². The number of carbonyl (C=O) groups is 2. The number of benzene rings is 1. The first-order valence-electron chi connectivity index (χ1n) is 10.0. The quantitative estimate of drug-likeness (QED) is 0.618. The van der Waals surface area contributed by atoms with Gasteiger partial charge in [-0.3, -0.25) is 9.59 Å². The summed E-state index contributed by atoms with van der Waals surface area (Å²) in [7, 11) is 0. The van der Waals surface area contributed by atoms with E-state index in [4.69, 9.17) is 9.15 Å². The zero-order chi connectivity index (χ0) is 21.6. The summed E-state index contributed by atoms with van der Waals surface area (Å²) in [6.45, 7) is 7.79. The lowest BCUT2D eigenvalue weighted by atomic mass is 9.87. The molecule has 1 aliphatic heterocycles. The van der Waals surface area contributed by atoms with Gasteiger partial charge in [0.25, 0.3) is 11.1 Å². The van der Waals surface area contributed by atoms with Crippen molar-refractivity contribution in [3.8, 4) is 0 Å². The molecule has 162 valence electrons. The van der Waals surface area contributed by atoms with E-state index in [0.717, 1.165) is 36.8 Å². The molecule has 1 fully saturated rings. The van der Waals surface area contributed by atoms with Crippen LogP contribution in [0, 0.1) is 0 Å². The van der Waals surface area contributed by atoms with Crippen molar-refractivity contribution >= 4 is 23.6 Å². The summed E-state index contributed by atoms with van der Waals surface area (Å²) in [4.78, 5) is 24.2. The summed E-state index contributed by atoms with van der Waals surface area (Å²) in [5, 5.41) is 13.7. The number of rotatable bonds is 8. The van der Waals surface area contributed by atoms with Crippen LogP contribution in [0.1, 0.15) is 55.4 Å². The van der Waals surface area contributed by atoms with Crippen molar-refractivity contribution in [1.82, 2.24) is 20.8 Å². The number of amides is 2. The third-order valence-electron chi connectivity index (χ3n) is 4.74. The number of ether oxygens (including phenoxy) is 1. The van der Waals surface area contributed by atoms with Crippen LogP contribution in [0.3, 0.4) is 0 Å². The van der Waals surface area contributed by atoms with Gasteiger partial charge in [-0.15, -0.1) is 10.2 Å². The zero-order valence-electron chi connectivity index (χ0n) is 17.6. The molecule has 8 nitrogen and oxygen atoms in total. The number of nitrogens with zero attached hydrogens (tertiary/aromatic N) is 2. The van der Waals surface area contributed by atoms with Gasteiger partial charge in [0.1, 0.15) is 0 Å². The molecular weight excluding hydrogens is 404 g/mol. The van der Waals surface area contributed by atoms with Gasteiger partial charge in [0.15, 0.2) is 0 Å². The molecule has 0 unspecified atom stereocenters. The maximum absolute atomic E-state index is 12.3. The molecule has 0 bridgehead atoms. The maximum atomic E-state index is 12.3. The Balaban J connectivity index is 1.40. The second kappa shape index (κ2) is 10.1. The van der Waals surface area contributed by atoms with E-state index in [-0.39, 0.29) is 41.5 Å². The van der Waals surface area contributed by atoms with Gasteiger partial charge in [-0.1, -0.05) is 44.7 Å². The number of carbonyl (C=O) groups excluding carboxylic acids is 2. The minimum absolute atomic E-state index is 0.0357. The largest absolute Gasteiger partial charge is 0.414 e. The second-order valence-corrected chi connectivity index (χ2v) is 9.13. The van der Waals surface area contributed by atoms with E-state index in [1.807, 2.05) is 12.1 Å². The van der Waals surface area contributed by atoms with Crippen LogP contribution in [0.2, 0.25) is 0 Å². The van der Waals surface area contributed by atoms with Crippen molar-refractivity contribution in [3.63, 3.8) is 0 Å². The Kier molecular flexibility index (Phi) is 7.49. The molecular formula is C21H28N4O4S. The van der Waals surface area contributed by atoms with E-state index in [1.54, 1.807) is 12.1 Å². The molecule has 0 radical (unpaired) electrons. The van der Waals surface area contributed by atoms with Crippen LogP contribution in [0.5, 0.6) is 0 Å². The normalized spacial score (nSPS) is 16.4. The average Bonchev–Trinajstić information content (AvgIpc) is 3.40. The van der Waals surface area contributed by atoms with Crippen LogP contribution < -0.4 is 10.6 Å². The van der Waals surface area contributed by atoms with E-state index in [9.17, 15) is 9.59 Å². The van der Waals surface area contributed by atoms with Crippen molar-refractivity contribution in [1.29, 1.82) is 0 Å². The SMILES string of the molecule is CC(C)(C)c1ccc(C(=O)NCc2nnc(SCC(=O)NC[C@H]3CCCO3)o2)cc1. The highest BCUT2D eigenvalue weighted by atomic mass is 32.2. The van der Waals surface area contributed by atoms with Gasteiger partial charge in [0.2, 0.25) is 11.8 Å². The minimum Gasteiger partial charge on any atom is -0.414 e. The number of hydrogen-bond donors (Lipinski definition) is 2. The van der Waals surface area contributed by atoms with Crippen molar-refractivity contribution in [2.45, 2.75) is 56.9 Å². The summed E-state index contributed by atoms with van der Waals surface area (Å²) in [5.74, 6) is 0.149. The molecule has 1 aromatic heterocycles. The summed E-state index contributed by atoms with van der Waals surface area (Å²) in [5.41, 5.74) is 1.77. The molecule has 2 heterocycles. The van der Waals surface area contributed by atoms with E-state index in [0.29, 0.717) is 17.3 Å². The molecule has 1 atom stereocenters. The smallest absolute Gasteiger partial charge is 0.277 e. The van der Waals surface area contributed by atoms with Crippen molar-refractivity contribution in [2.75, 3.05) is 18.9 Å². The minimum atomic E-state index is -0.212. The molecule has 1 aromatic carbocycles. The van der Waals surface area contributed by atoms with Gasteiger partial charge in [0.05, 0.1) is 18.4 Å². The number of aromatic nitrogens is 2. The standard InChI is InChI=1S/C21H28N4O4S/c1-21(2,3)15-8-6-14(7-9-15)19(27)23-12-18-24-25-20(29-18)30-13-17(26)22-11-16-5-4-10-28-16/h6-9,16H,4-5,10-13H2,1-3H3,(H,22,26)(H,23,27)/t16-/m1/s1. The Labute approximate surface area is 180 Å². The van der Waals surface area contributed by atoms with Crippen LogP contribution in [0.25, 0.3) is 0 Å². The Hall–Kier alpha value is -2.39. The van der Waals surface area contributed by atoms with E-state index in [1.165, 1.54) is 0 Å². The van der Waals surface area contributed by atoms with Crippen LogP contribution in [-0.2, 0) is 21.5 Å². The molecule has 0 aliphatic carbocycles. The molecule has 2 amide bonds. The Morgan fingerprint density at radius 1 is 1.17 bits per heavy atom. The van der Waals surface area contributed by atoms with Gasteiger partial charge in [-0.2, -0.15) is 0 Å². The number of thioether (sulfide) groups is 1. The molecule has 1 aliphatic rings. The zero-order valence-corrected chi connectivity index (χ0v) is 18.4. The van der Waals surface area contributed by atoms with Crippen molar-refractivity contribution in [3.05, 3.63) is 41.3 Å². The first-order chi connectivity index (χ1) is 14.3. The molecule has 1 saturated heterocycles. The topological polar surface area (TPSA) is 106 Å². The van der Waals surface area contributed by atoms with Gasteiger partial charge in [-0.05, 0) is 36.0 Å². The first kappa shape index (κ1) is 22.3. The molecule has 3 rings (SSSR count). The van der Waals surface area contributed by atoms with Gasteiger partial charge in [0, 0.05) is 18.7 Å². The predicted molar refractivity (Wildman–Crippen MR) is 113 cm³/mol. The molecule has 2 N–H and O–H groups in total. The predicted octanol–water partition coefficient (Wildman–Crippen LogP) is 2.68. The number of hydrogen-bond acceptors (Lipinski definition) is 7. The Morgan fingerprint density at radius 2 is 1.93 bits per heavy atom. The van der Waals surface area contributed by atoms with E-state index < -0.39 is 0 Å². The van der Waals surface area contributed by atoms with Crippen molar-refractivity contribution < 1.29 is 18.7 Å². The summed E-state index contributed by atoms with van der Waals surface area (Å²) in [6.07, 6.45) is 2.13. The third kappa shape index (κ3) is 6.56. The average molecular weight is 433 g/mol. The second-order valence-electron chi connectivity index (χ2n) is 8.20. The van der Waals surface area contributed by atoms with E-state index >= 15 is 0 Å². The fraction of sp³-hybridized carbons (Fsp3) is 0.524. The monoisotopic (exact) mass is 432 g/mol. The molecule has 9 heteroatoms. The van der Waals surface area contributed by atoms with Crippen LogP contribution in [0.4, 0.5) is 0 Å². The number of nitrogens with one attached hydrogen (secondary N) is 2. The van der Waals surface area contributed by atoms with Crippen LogP contribution >= 0.6 is 11.8 Å². The summed E-state index contributed by atoms with van der Waals surface area (Å²) < 4.78 is 11.0. The highest BCUT2D eigenvalue weighted by molar-refractivity contribution is 7.99. The fourth-order valence-electron chi connectivity index (χ4n) is 2.96. The summed E-state index contributed by atoms with van der Waals surface area (Å²) >= 11 is 1.16. The maximum Gasteiger partial charge on any atom is 0.277 e. The Bertz CT molecular complexity index is 855. The lowest BCUT2D eigenvalue weighted by Gasteiger charge is -2.18. The lowest BCUT2D eigenvalue weighted by molar-refractivity contribution is -0.119. The van der Waals surface area contributed by atoms with E-state index in [2.05, 4.69) is 41.6 Å². The fourth-order valence-corrected chi connectivity index (χ4v) is 3.57. The Morgan fingerprint density at radius 3 is 2.60 bits per heavy atom. The van der Waals surface area contributed by atoms with Crippen LogP contribution in [-0.4, -0.2) is 47.0 Å². The van der Waals surface area contributed by atoms with Gasteiger partial charge < -0.3 is 19.8 Å².